The molecule has 0 unspecified atom stereocenters. The summed E-state index contributed by atoms with van der Waals surface area (Å²) in [5, 5.41) is 17.6. The quantitative estimate of drug-likeness (QED) is 0.727. The minimum absolute atomic E-state index is 0.0938. The Morgan fingerprint density at radius 1 is 1.28 bits per heavy atom. The van der Waals surface area contributed by atoms with Crippen molar-refractivity contribution in [2.45, 2.75) is 6.92 Å². The molecule has 0 aliphatic heterocycles. The van der Waals surface area contributed by atoms with Crippen molar-refractivity contribution in [3.8, 4) is 5.75 Å². The molecule has 1 aromatic rings. The van der Waals surface area contributed by atoms with Crippen molar-refractivity contribution in [2.24, 2.45) is 0 Å². The second kappa shape index (κ2) is 7.68. The highest BCUT2D eigenvalue weighted by atomic mass is 16.5. The molecule has 0 aliphatic rings. The molecule has 100 valence electrons. The van der Waals surface area contributed by atoms with Gasteiger partial charge in [-0.2, -0.15) is 0 Å². The van der Waals surface area contributed by atoms with E-state index in [1.807, 2.05) is 25.1 Å². The van der Waals surface area contributed by atoms with Gasteiger partial charge in [-0.15, -0.1) is 0 Å². The van der Waals surface area contributed by atoms with Crippen LogP contribution in [0.4, 0.5) is 0 Å². The number of amides is 1. The van der Waals surface area contributed by atoms with Crippen molar-refractivity contribution in [2.75, 3.05) is 32.9 Å². The lowest BCUT2D eigenvalue weighted by atomic mass is 10.2. The van der Waals surface area contributed by atoms with E-state index in [9.17, 15) is 4.79 Å². The van der Waals surface area contributed by atoms with Crippen LogP contribution >= 0.6 is 0 Å². The monoisotopic (exact) mass is 253 g/mol. The fraction of sp³-hybridized carbons (Fsp3) is 0.462. The zero-order chi connectivity index (χ0) is 13.4. The Morgan fingerprint density at radius 3 is 2.50 bits per heavy atom. The second-order valence-electron chi connectivity index (χ2n) is 3.93. The number of carbonyl (C=O) groups is 1. The maximum absolute atomic E-state index is 11.8. The molecule has 0 saturated heterocycles. The van der Waals surface area contributed by atoms with E-state index in [4.69, 9.17) is 14.9 Å². The second-order valence-corrected chi connectivity index (χ2v) is 3.93. The number of ether oxygens (including phenoxy) is 1. The van der Waals surface area contributed by atoms with Gasteiger partial charge in [0.2, 0.25) is 0 Å². The van der Waals surface area contributed by atoms with Gasteiger partial charge >= 0.3 is 0 Å². The van der Waals surface area contributed by atoms with Gasteiger partial charge < -0.3 is 19.8 Å². The predicted octanol–water partition coefficient (Wildman–Crippen LogP) is 0.187. The van der Waals surface area contributed by atoms with Gasteiger partial charge in [0, 0.05) is 13.1 Å². The van der Waals surface area contributed by atoms with Crippen molar-refractivity contribution >= 4 is 5.91 Å². The third kappa shape index (κ3) is 4.73. The number of hydrogen-bond donors (Lipinski definition) is 2. The molecule has 0 aromatic heterocycles. The molecule has 0 atom stereocenters. The first-order valence-electron chi connectivity index (χ1n) is 5.86. The average molecular weight is 253 g/mol. The van der Waals surface area contributed by atoms with Gasteiger partial charge in [-0.05, 0) is 24.6 Å². The molecule has 1 rings (SSSR count). The van der Waals surface area contributed by atoms with Crippen LogP contribution in [0.5, 0.6) is 5.75 Å². The average Bonchev–Trinajstić information content (AvgIpc) is 2.36. The van der Waals surface area contributed by atoms with E-state index in [1.54, 1.807) is 6.07 Å². The molecule has 18 heavy (non-hydrogen) atoms. The van der Waals surface area contributed by atoms with Crippen molar-refractivity contribution in [3.05, 3.63) is 29.8 Å². The highest BCUT2D eigenvalue weighted by molar-refractivity contribution is 5.77. The van der Waals surface area contributed by atoms with Gasteiger partial charge in [0.15, 0.2) is 6.61 Å². The topological polar surface area (TPSA) is 70.0 Å². The molecular formula is C13H19NO4. The number of aliphatic hydroxyl groups excluding tert-OH is 2. The maximum Gasteiger partial charge on any atom is 0.260 e. The van der Waals surface area contributed by atoms with E-state index in [0.717, 1.165) is 5.56 Å². The van der Waals surface area contributed by atoms with Crippen molar-refractivity contribution in [1.82, 2.24) is 4.90 Å². The zero-order valence-electron chi connectivity index (χ0n) is 10.5. The summed E-state index contributed by atoms with van der Waals surface area (Å²) >= 11 is 0. The van der Waals surface area contributed by atoms with E-state index in [0.29, 0.717) is 5.75 Å². The summed E-state index contributed by atoms with van der Waals surface area (Å²) in [5.41, 5.74) is 1.06. The molecule has 1 amide bonds. The van der Waals surface area contributed by atoms with E-state index < -0.39 is 0 Å². The highest BCUT2D eigenvalue weighted by Crippen LogP contribution is 2.12. The number of benzene rings is 1. The summed E-state index contributed by atoms with van der Waals surface area (Å²) in [6, 6.07) is 7.42. The first kappa shape index (κ1) is 14.5. The lowest BCUT2D eigenvalue weighted by molar-refractivity contribution is -0.134. The van der Waals surface area contributed by atoms with Gasteiger partial charge in [0.1, 0.15) is 5.75 Å². The number of aliphatic hydroxyl groups is 2. The molecular weight excluding hydrogens is 234 g/mol. The molecule has 0 radical (unpaired) electrons. The van der Waals surface area contributed by atoms with Crippen LogP contribution in [0.3, 0.4) is 0 Å². The maximum atomic E-state index is 11.8. The highest BCUT2D eigenvalue weighted by Gasteiger charge is 2.12. The Morgan fingerprint density at radius 2 is 1.94 bits per heavy atom. The summed E-state index contributed by atoms with van der Waals surface area (Å²) in [6.07, 6.45) is 0. The predicted molar refractivity (Wildman–Crippen MR) is 67.4 cm³/mol. The van der Waals surface area contributed by atoms with Crippen molar-refractivity contribution in [3.63, 3.8) is 0 Å². The number of aryl methyl sites for hydroxylation is 1. The largest absolute Gasteiger partial charge is 0.484 e. The molecule has 0 aliphatic carbocycles. The third-order valence-corrected chi connectivity index (χ3v) is 2.44. The van der Waals surface area contributed by atoms with Crippen LogP contribution in [0, 0.1) is 6.92 Å². The van der Waals surface area contributed by atoms with Gasteiger partial charge in [-0.3, -0.25) is 4.79 Å². The number of rotatable bonds is 7. The molecule has 5 nitrogen and oxygen atoms in total. The Kier molecular flexibility index (Phi) is 6.18. The summed E-state index contributed by atoms with van der Waals surface area (Å²) in [6.45, 7) is 2.00. The number of nitrogens with zero attached hydrogens (tertiary/aromatic N) is 1. The van der Waals surface area contributed by atoms with Gasteiger partial charge in [-0.1, -0.05) is 12.1 Å². The minimum Gasteiger partial charge on any atom is -0.484 e. The smallest absolute Gasteiger partial charge is 0.260 e. The first-order valence-corrected chi connectivity index (χ1v) is 5.86. The molecule has 0 fully saturated rings. The summed E-state index contributed by atoms with van der Waals surface area (Å²) in [5.74, 6) is 0.385. The lowest BCUT2D eigenvalue weighted by Crippen LogP contribution is -2.38. The van der Waals surface area contributed by atoms with Crippen LogP contribution in [0.1, 0.15) is 5.56 Å². The Labute approximate surface area is 107 Å². The van der Waals surface area contributed by atoms with Crippen LogP contribution in [0.15, 0.2) is 24.3 Å². The van der Waals surface area contributed by atoms with E-state index in [1.165, 1.54) is 4.90 Å². The third-order valence-electron chi connectivity index (χ3n) is 2.44. The van der Waals surface area contributed by atoms with Crippen LogP contribution in [-0.4, -0.2) is 53.9 Å². The molecule has 1 aromatic carbocycles. The van der Waals surface area contributed by atoms with Gasteiger partial charge in [0.05, 0.1) is 13.2 Å². The molecule has 5 heteroatoms. The lowest BCUT2D eigenvalue weighted by Gasteiger charge is -2.20. The van der Waals surface area contributed by atoms with Crippen molar-refractivity contribution < 1.29 is 19.7 Å². The molecule has 0 bridgehead atoms. The molecule has 2 N–H and O–H groups in total. The van der Waals surface area contributed by atoms with E-state index >= 15 is 0 Å². The SMILES string of the molecule is Cc1cccc(OCC(=O)N(CCO)CCO)c1. The van der Waals surface area contributed by atoms with Crippen LogP contribution in [-0.2, 0) is 4.79 Å². The summed E-state index contributed by atoms with van der Waals surface area (Å²) in [4.78, 5) is 13.1. The van der Waals surface area contributed by atoms with E-state index in [-0.39, 0.29) is 38.8 Å². The number of carbonyl (C=O) groups excluding carboxylic acids is 1. The standard InChI is InChI=1S/C13H19NO4/c1-11-3-2-4-12(9-11)18-10-13(17)14(5-7-15)6-8-16/h2-4,9,15-16H,5-8,10H2,1H3. The first-order chi connectivity index (χ1) is 8.67. The fourth-order valence-corrected chi connectivity index (χ4v) is 1.54. The van der Waals surface area contributed by atoms with Gasteiger partial charge in [-0.25, -0.2) is 0 Å². The zero-order valence-corrected chi connectivity index (χ0v) is 10.5. The van der Waals surface area contributed by atoms with E-state index in [2.05, 4.69) is 0 Å². The summed E-state index contributed by atoms with van der Waals surface area (Å²) < 4.78 is 5.37. The minimum atomic E-state index is -0.250. The van der Waals surface area contributed by atoms with Crippen LogP contribution < -0.4 is 4.74 Å². The normalized spacial score (nSPS) is 10.2. The summed E-state index contributed by atoms with van der Waals surface area (Å²) in [7, 11) is 0. The Bertz CT molecular complexity index is 375. The van der Waals surface area contributed by atoms with Crippen LogP contribution in [0.25, 0.3) is 0 Å². The van der Waals surface area contributed by atoms with Crippen LogP contribution in [0.2, 0.25) is 0 Å². The fourth-order valence-electron chi connectivity index (χ4n) is 1.54. The molecule has 0 heterocycles. The number of hydrogen-bond acceptors (Lipinski definition) is 4. The molecule has 0 spiro atoms. The Balaban J connectivity index is 2.48. The van der Waals surface area contributed by atoms with Gasteiger partial charge in [0.25, 0.3) is 5.91 Å². The Hall–Kier alpha value is -1.59. The van der Waals surface area contributed by atoms with Crippen molar-refractivity contribution in [1.29, 1.82) is 0 Å². The molecule has 0 saturated carbocycles.